The van der Waals surface area contributed by atoms with Gasteiger partial charge < -0.3 is 19.9 Å². The van der Waals surface area contributed by atoms with Crippen molar-refractivity contribution in [2.24, 2.45) is 10.9 Å². The van der Waals surface area contributed by atoms with E-state index in [0.717, 1.165) is 69.7 Å². The highest BCUT2D eigenvalue weighted by Gasteiger charge is 2.15. The second-order valence-corrected chi connectivity index (χ2v) is 7.46. The Morgan fingerprint density at radius 3 is 2.71 bits per heavy atom. The SMILES string of the molecule is CCNC(=NCCC(OCC)C(C)C)NCCc1nnc2n1CCCCC2.I. The van der Waals surface area contributed by atoms with Crippen LogP contribution in [0.25, 0.3) is 0 Å². The van der Waals surface area contributed by atoms with Gasteiger partial charge in [-0.3, -0.25) is 4.99 Å². The summed E-state index contributed by atoms with van der Waals surface area (Å²) in [6.07, 6.45) is 6.89. The predicted octanol–water partition coefficient (Wildman–Crippen LogP) is 3.17. The molecule has 0 fully saturated rings. The van der Waals surface area contributed by atoms with Crippen molar-refractivity contribution in [3.05, 3.63) is 11.6 Å². The van der Waals surface area contributed by atoms with E-state index in [2.05, 4.69) is 53.1 Å². The fraction of sp³-hybridized carbons (Fsp3) is 0.850. The summed E-state index contributed by atoms with van der Waals surface area (Å²) in [6.45, 7) is 12.8. The molecular weight excluding hydrogens is 467 g/mol. The van der Waals surface area contributed by atoms with Gasteiger partial charge in [-0.2, -0.15) is 0 Å². The lowest BCUT2D eigenvalue weighted by Gasteiger charge is -2.20. The van der Waals surface area contributed by atoms with Crippen LogP contribution in [0.2, 0.25) is 0 Å². The van der Waals surface area contributed by atoms with Crippen LogP contribution in [0.5, 0.6) is 0 Å². The Kier molecular flexibility index (Phi) is 12.7. The highest BCUT2D eigenvalue weighted by molar-refractivity contribution is 14.0. The van der Waals surface area contributed by atoms with Gasteiger partial charge in [0.1, 0.15) is 11.6 Å². The monoisotopic (exact) mass is 506 g/mol. The first kappa shape index (κ1) is 25.1. The van der Waals surface area contributed by atoms with Crippen molar-refractivity contribution < 1.29 is 4.74 Å². The minimum atomic E-state index is 0. The number of hydrogen-bond acceptors (Lipinski definition) is 4. The van der Waals surface area contributed by atoms with Crippen molar-refractivity contribution in [2.45, 2.75) is 78.9 Å². The van der Waals surface area contributed by atoms with Crippen molar-refractivity contribution in [1.29, 1.82) is 0 Å². The van der Waals surface area contributed by atoms with Crippen LogP contribution in [-0.2, 0) is 24.1 Å². The van der Waals surface area contributed by atoms with Gasteiger partial charge in [0.25, 0.3) is 0 Å². The molecule has 0 saturated heterocycles. The number of aryl methyl sites for hydroxylation is 1. The highest BCUT2D eigenvalue weighted by Crippen LogP contribution is 2.14. The lowest BCUT2D eigenvalue weighted by molar-refractivity contribution is 0.0266. The van der Waals surface area contributed by atoms with Gasteiger partial charge in [-0.15, -0.1) is 34.2 Å². The molecule has 1 atom stereocenters. The molecule has 1 aliphatic heterocycles. The smallest absolute Gasteiger partial charge is 0.191 e. The molecule has 162 valence electrons. The van der Waals surface area contributed by atoms with Gasteiger partial charge >= 0.3 is 0 Å². The summed E-state index contributed by atoms with van der Waals surface area (Å²) in [4.78, 5) is 4.71. The van der Waals surface area contributed by atoms with E-state index in [1.807, 2.05) is 0 Å². The van der Waals surface area contributed by atoms with Gasteiger partial charge in [0, 0.05) is 45.6 Å². The van der Waals surface area contributed by atoms with Crippen LogP contribution < -0.4 is 10.6 Å². The maximum absolute atomic E-state index is 5.81. The number of nitrogens with one attached hydrogen (secondary N) is 2. The topological polar surface area (TPSA) is 76.4 Å². The van der Waals surface area contributed by atoms with Gasteiger partial charge in [-0.25, -0.2) is 0 Å². The van der Waals surface area contributed by atoms with E-state index in [-0.39, 0.29) is 30.1 Å². The summed E-state index contributed by atoms with van der Waals surface area (Å²) >= 11 is 0. The molecule has 1 unspecified atom stereocenters. The Bertz CT molecular complexity index is 575. The molecule has 1 aromatic heterocycles. The number of nitrogens with zero attached hydrogens (tertiary/aromatic N) is 4. The second kappa shape index (κ2) is 14.1. The van der Waals surface area contributed by atoms with Crippen LogP contribution in [0.1, 0.15) is 65.0 Å². The quantitative estimate of drug-likeness (QED) is 0.290. The fourth-order valence-corrected chi connectivity index (χ4v) is 3.49. The van der Waals surface area contributed by atoms with E-state index >= 15 is 0 Å². The zero-order valence-corrected chi connectivity index (χ0v) is 20.4. The van der Waals surface area contributed by atoms with Crippen molar-refractivity contribution in [2.75, 3.05) is 26.2 Å². The molecular formula is C20H39IN6O. The summed E-state index contributed by atoms with van der Waals surface area (Å²) in [5.74, 6) is 3.62. The van der Waals surface area contributed by atoms with Crippen molar-refractivity contribution >= 4 is 29.9 Å². The van der Waals surface area contributed by atoms with E-state index in [4.69, 9.17) is 9.73 Å². The van der Waals surface area contributed by atoms with Crippen molar-refractivity contribution in [3.63, 3.8) is 0 Å². The van der Waals surface area contributed by atoms with Gasteiger partial charge in [-0.1, -0.05) is 20.3 Å². The fourth-order valence-electron chi connectivity index (χ4n) is 3.49. The third kappa shape index (κ3) is 8.23. The number of aliphatic imine (C=N–C) groups is 1. The van der Waals surface area contributed by atoms with Crippen LogP contribution in [0.15, 0.2) is 4.99 Å². The van der Waals surface area contributed by atoms with E-state index in [1.54, 1.807) is 0 Å². The van der Waals surface area contributed by atoms with Crippen LogP contribution >= 0.6 is 24.0 Å². The molecule has 2 heterocycles. The third-order valence-electron chi connectivity index (χ3n) is 4.98. The molecule has 2 N–H and O–H groups in total. The summed E-state index contributed by atoms with van der Waals surface area (Å²) in [7, 11) is 0. The van der Waals surface area contributed by atoms with Crippen LogP contribution in [0, 0.1) is 5.92 Å². The molecule has 8 heteroatoms. The number of guanidine groups is 1. The van der Waals surface area contributed by atoms with E-state index in [9.17, 15) is 0 Å². The minimum absolute atomic E-state index is 0. The maximum atomic E-state index is 5.81. The molecule has 0 aromatic carbocycles. The number of ether oxygens (including phenoxy) is 1. The predicted molar refractivity (Wildman–Crippen MR) is 126 cm³/mol. The van der Waals surface area contributed by atoms with Crippen LogP contribution in [0.3, 0.4) is 0 Å². The molecule has 0 radical (unpaired) electrons. The number of halogens is 1. The average Bonchev–Trinajstić information content (AvgIpc) is 2.87. The van der Waals surface area contributed by atoms with Gasteiger partial charge in [-0.05, 0) is 39.0 Å². The Morgan fingerprint density at radius 1 is 1.18 bits per heavy atom. The van der Waals surface area contributed by atoms with Gasteiger partial charge in [0.15, 0.2) is 5.96 Å². The number of hydrogen-bond donors (Lipinski definition) is 2. The van der Waals surface area contributed by atoms with Crippen molar-refractivity contribution in [1.82, 2.24) is 25.4 Å². The largest absolute Gasteiger partial charge is 0.378 e. The summed E-state index contributed by atoms with van der Waals surface area (Å²) in [5.41, 5.74) is 0. The Hall–Kier alpha value is -0.900. The Morgan fingerprint density at radius 2 is 2.00 bits per heavy atom. The molecule has 1 aromatic rings. The molecule has 7 nitrogen and oxygen atoms in total. The molecule has 0 aliphatic carbocycles. The molecule has 2 rings (SSSR count). The summed E-state index contributed by atoms with van der Waals surface area (Å²) in [6, 6.07) is 0. The maximum Gasteiger partial charge on any atom is 0.191 e. The number of aromatic nitrogens is 3. The standard InChI is InChI=1S/C20H38N6O.HI/c1-5-21-20(22-13-11-17(16(3)4)27-6-2)23-14-12-19-25-24-18-10-8-7-9-15-26(18)19;/h16-17H,5-15H2,1-4H3,(H2,21,22,23);1H. The molecule has 28 heavy (non-hydrogen) atoms. The van der Waals surface area contributed by atoms with Gasteiger partial charge in [0.05, 0.1) is 6.10 Å². The molecule has 0 spiro atoms. The molecule has 0 amide bonds. The first-order valence-electron chi connectivity index (χ1n) is 10.7. The minimum Gasteiger partial charge on any atom is -0.378 e. The summed E-state index contributed by atoms with van der Waals surface area (Å²) in [5, 5.41) is 15.5. The zero-order valence-electron chi connectivity index (χ0n) is 18.0. The third-order valence-corrected chi connectivity index (χ3v) is 4.98. The number of fused-ring (bicyclic) bond motifs is 1. The second-order valence-electron chi connectivity index (χ2n) is 7.46. The van der Waals surface area contributed by atoms with Crippen LogP contribution in [-0.4, -0.2) is 53.1 Å². The Labute approximate surface area is 187 Å². The number of rotatable bonds is 10. The molecule has 0 saturated carbocycles. The lowest BCUT2D eigenvalue weighted by Crippen LogP contribution is -2.38. The lowest BCUT2D eigenvalue weighted by atomic mass is 10.0. The molecule has 1 aliphatic rings. The van der Waals surface area contributed by atoms with Crippen molar-refractivity contribution in [3.8, 4) is 0 Å². The highest BCUT2D eigenvalue weighted by atomic mass is 127. The average molecular weight is 506 g/mol. The van der Waals surface area contributed by atoms with Crippen LogP contribution in [0.4, 0.5) is 0 Å². The van der Waals surface area contributed by atoms with E-state index < -0.39 is 0 Å². The van der Waals surface area contributed by atoms with E-state index in [0.29, 0.717) is 5.92 Å². The normalized spacial score (nSPS) is 15.5. The zero-order chi connectivity index (χ0) is 19.5. The first-order chi connectivity index (χ1) is 13.2. The Balaban J connectivity index is 0.00000392. The summed E-state index contributed by atoms with van der Waals surface area (Å²) < 4.78 is 8.12. The van der Waals surface area contributed by atoms with Gasteiger partial charge in [0.2, 0.25) is 0 Å². The molecule has 0 bridgehead atoms. The first-order valence-corrected chi connectivity index (χ1v) is 10.7. The van der Waals surface area contributed by atoms with E-state index in [1.165, 1.54) is 19.3 Å².